The number of hydrogen-bond acceptors (Lipinski definition) is 3. The first-order chi connectivity index (χ1) is 13.5. The molecule has 0 radical (unpaired) electrons. The summed E-state index contributed by atoms with van der Waals surface area (Å²) in [6, 6.07) is 7.96. The highest BCUT2D eigenvalue weighted by atomic mass is 19.1. The highest BCUT2D eigenvalue weighted by Crippen LogP contribution is 2.44. The number of phenols is 3. The standard InChI is InChI=1S/C23H21F3O3/c1-11-5-14(8-17(24)20(11)27)23(4,15-6-12(2)21(28)18(25)9-15)16-7-13(3)22(29)19(26)10-16/h5-10,27-29H,1-4H3. The van der Waals surface area contributed by atoms with Gasteiger partial charge >= 0.3 is 0 Å². The molecule has 0 heterocycles. The Labute approximate surface area is 166 Å². The van der Waals surface area contributed by atoms with Crippen LogP contribution in [-0.2, 0) is 5.41 Å². The van der Waals surface area contributed by atoms with E-state index in [0.29, 0.717) is 16.7 Å². The van der Waals surface area contributed by atoms with Crippen LogP contribution < -0.4 is 0 Å². The van der Waals surface area contributed by atoms with E-state index in [-0.39, 0.29) is 16.7 Å². The van der Waals surface area contributed by atoms with Gasteiger partial charge in [0.05, 0.1) is 0 Å². The van der Waals surface area contributed by atoms with Gasteiger partial charge in [0, 0.05) is 5.41 Å². The molecule has 0 aliphatic rings. The molecule has 0 spiro atoms. The first-order valence-electron chi connectivity index (χ1n) is 8.95. The molecule has 3 aromatic rings. The van der Waals surface area contributed by atoms with Gasteiger partial charge in [-0.05, 0) is 79.3 Å². The van der Waals surface area contributed by atoms with Crippen LogP contribution in [0.4, 0.5) is 13.2 Å². The lowest BCUT2D eigenvalue weighted by atomic mass is 9.70. The van der Waals surface area contributed by atoms with Gasteiger partial charge in [-0.1, -0.05) is 18.2 Å². The summed E-state index contributed by atoms with van der Waals surface area (Å²) in [4.78, 5) is 0. The predicted molar refractivity (Wildman–Crippen MR) is 104 cm³/mol. The average Bonchev–Trinajstić information content (AvgIpc) is 2.66. The van der Waals surface area contributed by atoms with Crippen molar-refractivity contribution in [2.75, 3.05) is 0 Å². The minimum Gasteiger partial charge on any atom is -0.505 e. The van der Waals surface area contributed by atoms with Crippen LogP contribution in [0.1, 0.15) is 40.3 Å². The van der Waals surface area contributed by atoms with Crippen molar-refractivity contribution in [3.05, 3.63) is 87.2 Å². The van der Waals surface area contributed by atoms with E-state index < -0.39 is 40.1 Å². The zero-order chi connectivity index (χ0) is 21.7. The summed E-state index contributed by atoms with van der Waals surface area (Å²) in [6.07, 6.45) is 0. The van der Waals surface area contributed by atoms with Gasteiger partial charge in [0.1, 0.15) is 0 Å². The second-order valence-electron chi connectivity index (χ2n) is 7.50. The van der Waals surface area contributed by atoms with Gasteiger partial charge in [0.25, 0.3) is 0 Å². The molecule has 0 bridgehead atoms. The van der Waals surface area contributed by atoms with Crippen LogP contribution in [0.2, 0.25) is 0 Å². The molecule has 3 rings (SSSR count). The largest absolute Gasteiger partial charge is 0.505 e. The highest BCUT2D eigenvalue weighted by molar-refractivity contribution is 5.56. The monoisotopic (exact) mass is 402 g/mol. The summed E-state index contributed by atoms with van der Waals surface area (Å²) in [7, 11) is 0. The van der Waals surface area contributed by atoms with E-state index in [2.05, 4.69) is 0 Å². The Hall–Kier alpha value is -3.15. The predicted octanol–water partition coefficient (Wildman–Crippen LogP) is 5.50. The molecule has 3 N–H and O–H groups in total. The SMILES string of the molecule is Cc1cc(C(C)(c2cc(C)c(O)c(F)c2)c2cc(C)c(O)c(F)c2)cc(F)c1O. The van der Waals surface area contributed by atoms with Crippen molar-refractivity contribution in [3.8, 4) is 17.2 Å². The molecule has 0 aliphatic heterocycles. The van der Waals surface area contributed by atoms with Gasteiger partial charge in [-0.2, -0.15) is 0 Å². The van der Waals surface area contributed by atoms with Crippen LogP contribution in [0.3, 0.4) is 0 Å². The maximum atomic E-state index is 14.4. The molecule has 3 nitrogen and oxygen atoms in total. The number of halogens is 3. The molecule has 0 saturated carbocycles. The van der Waals surface area contributed by atoms with E-state index in [0.717, 1.165) is 18.2 Å². The van der Waals surface area contributed by atoms with E-state index in [1.807, 2.05) is 0 Å². The van der Waals surface area contributed by atoms with Crippen LogP contribution in [0.5, 0.6) is 17.2 Å². The molecule has 0 saturated heterocycles. The third kappa shape index (κ3) is 3.28. The molecule has 0 fully saturated rings. The number of hydrogen-bond donors (Lipinski definition) is 3. The van der Waals surface area contributed by atoms with Crippen molar-refractivity contribution < 1.29 is 28.5 Å². The zero-order valence-corrected chi connectivity index (χ0v) is 16.4. The minimum absolute atomic E-state index is 0.262. The van der Waals surface area contributed by atoms with Gasteiger partial charge in [0.2, 0.25) is 0 Å². The fraction of sp³-hybridized carbons (Fsp3) is 0.217. The van der Waals surface area contributed by atoms with Crippen LogP contribution >= 0.6 is 0 Å². The normalized spacial score (nSPS) is 11.7. The summed E-state index contributed by atoms with van der Waals surface area (Å²) >= 11 is 0. The Morgan fingerprint density at radius 2 is 0.793 bits per heavy atom. The van der Waals surface area contributed by atoms with Crippen LogP contribution in [0.25, 0.3) is 0 Å². The van der Waals surface area contributed by atoms with Gasteiger partial charge < -0.3 is 15.3 Å². The lowest BCUT2D eigenvalue weighted by molar-refractivity contribution is 0.423. The Balaban J connectivity index is 2.42. The van der Waals surface area contributed by atoms with Crippen molar-refractivity contribution in [2.45, 2.75) is 33.1 Å². The highest BCUT2D eigenvalue weighted by Gasteiger charge is 2.35. The summed E-state index contributed by atoms with van der Waals surface area (Å²) in [5.41, 5.74) is 0.574. The number of aryl methyl sites for hydroxylation is 3. The van der Waals surface area contributed by atoms with Crippen molar-refractivity contribution in [3.63, 3.8) is 0 Å². The quantitative estimate of drug-likeness (QED) is 0.507. The lowest BCUT2D eigenvalue weighted by Gasteiger charge is -2.33. The summed E-state index contributed by atoms with van der Waals surface area (Å²) < 4.78 is 43.1. The average molecular weight is 402 g/mol. The van der Waals surface area contributed by atoms with Crippen molar-refractivity contribution in [1.29, 1.82) is 0 Å². The van der Waals surface area contributed by atoms with Gasteiger partial charge in [0.15, 0.2) is 34.7 Å². The fourth-order valence-electron chi connectivity index (χ4n) is 3.58. The summed E-state index contributed by atoms with van der Waals surface area (Å²) in [5.74, 6) is -4.10. The Bertz CT molecular complexity index is 914. The molecule has 0 atom stereocenters. The lowest BCUT2D eigenvalue weighted by Crippen LogP contribution is -2.26. The van der Waals surface area contributed by atoms with Crippen molar-refractivity contribution in [1.82, 2.24) is 0 Å². The summed E-state index contributed by atoms with van der Waals surface area (Å²) in [6.45, 7) is 6.23. The molecule has 152 valence electrons. The molecule has 0 aliphatic carbocycles. The molecule has 29 heavy (non-hydrogen) atoms. The number of phenolic OH excluding ortho intramolecular Hbond substituents is 3. The van der Waals surface area contributed by atoms with E-state index in [1.54, 1.807) is 25.1 Å². The second-order valence-corrected chi connectivity index (χ2v) is 7.50. The topological polar surface area (TPSA) is 60.7 Å². The molecular formula is C23H21F3O3. The Morgan fingerprint density at radius 1 is 0.552 bits per heavy atom. The number of benzene rings is 3. The Morgan fingerprint density at radius 3 is 1.00 bits per heavy atom. The first-order valence-corrected chi connectivity index (χ1v) is 8.95. The smallest absolute Gasteiger partial charge is 0.165 e. The second kappa shape index (κ2) is 7.03. The third-order valence-corrected chi connectivity index (χ3v) is 5.49. The Kier molecular flexibility index (Phi) is 4.99. The number of rotatable bonds is 3. The zero-order valence-electron chi connectivity index (χ0n) is 16.4. The van der Waals surface area contributed by atoms with Gasteiger partial charge in [-0.3, -0.25) is 0 Å². The van der Waals surface area contributed by atoms with E-state index in [1.165, 1.54) is 20.8 Å². The van der Waals surface area contributed by atoms with Crippen LogP contribution in [0.15, 0.2) is 36.4 Å². The molecule has 0 aromatic heterocycles. The number of aromatic hydroxyl groups is 3. The van der Waals surface area contributed by atoms with Gasteiger partial charge in [-0.15, -0.1) is 0 Å². The summed E-state index contributed by atoms with van der Waals surface area (Å²) in [5, 5.41) is 29.5. The van der Waals surface area contributed by atoms with Crippen molar-refractivity contribution >= 4 is 0 Å². The third-order valence-electron chi connectivity index (χ3n) is 5.49. The van der Waals surface area contributed by atoms with Crippen molar-refractivity contribution in [2.24, 2.45) is 0 Å². The van der Waals surface area contributed by atoms with E-state index in [9.17, 15) is 28.5 Å². The van der Waals surface area contributed by atoms with E-state index >= 15 is 0 Å². The molecular weight excluding hydrogens is 381 g/mol. The van der Waals surface area contributed by atoms with Crippen LogP contribution in [-0.4, -0.2) is 15.3 Å². The maximum Gasteiger partial charge on any atom is 0.165 e. The van der Waals surface area contributed by atoms with E-state index in [4.69, 9.17) is 0 Å². The molecule has 6 heteroatoms. The maximum absolute atomic E-state index is 14.4. The minimum atomic E-state index is -1.25. The molecule has 3 aromatic carbocycles. The molecule has 0 amide bonds. The first kappa shape index (κ1) is 20.6. The fourth-order valence-corrected chi connectivity index (χ4v) is 3.58. The molecule has 0 unspecified atom stereocenters. The van der Waals surface area contributed by atoms with Gasteiger partial charge in [-0.25, -0.2) is 13.2 Å². The van der Waals surface area contributed by atoms with Crippen LogP contribution in [0, 0.1) is 38.2 Å².